The highest BCUT2D eigenvalue weighted by molar-refractivity contribution is 6.15. The number of aromatic nitrogens is 1. The number of fused-ring (bicyclic) bond motifs is 2. The minimum atomic E-state index is -0.457. The highest BCUT2D eigenvalue weighted by Crippen LogP contribution is 2.40. The fraction of sp³-hybridized carbons (Fsp3) is 0.111. The van der Waals surface area contributed by atoms with Gasteiger partial charge in [-0.3, -0.25) is 4.79 Å². The fourth-order valence-corrected chi connectivity index (χ4v) is 4.00. The molecule has 32 heavy (non-hydrogen) atoms. The average molecular weight is 423 g/mol. The van der Waals surface area contributed by atoms with Gasteiger partial charge in [0.05, 0.1) is 11.1 Å². The number of benzene rings is 3. The number of aryl methyl sites for hydroxylation is 1. The van der Waals surface area contributed by atoms with Gasteiger partial charge in [0.15, 0.2) is 5.76 Å². The summed E-state index contributed by atoms with van der Waals surface area (Å²) in [5.74, 6) is 0.417. The van der Waals surface area contributed by atoms with Gasteiger partial charge in [0, 0.05) is 34.8 Å². The third-order valence-corrected chi connectivity index (χ3v) is 5.70. The molecule has 1 aromatic heterocycles. The second kappa shape index (κ2) is 7.85. The Morgan fingerprint density at radius 2 is 1.78 bits per heavy atom. The quantitative estimate of drug-likeness (QED) is 0.236. The third kappa shape index (κ3) is 3.28. The number of hydrogen-bond acceptors (Lipinski definition) is 4. The average Bonchev–Trinajstić information content (AvgIpc) is 3.34. The van der Waals surface area contributed by atoms with Crippen LogP contribution in [0.1, 0.15) is 38.8 Å². The van der Waals surface area contributed by atoms with Gasteiger partial charge < -0.3 is 14.0 Å². The predicted molar refractivity (Wildman–Crippen MR) is 123 cm³/mol. The summed E-state index contributed by atoms with van der Waals surface area (Å²) < 4.78 is 13.7. The SMILES string of the molecule is CCn1cc(/C=C2/Oc3c(ccc(OC(=O)c4ccccc4)c3C)C2=O)c2ccccc21. The topological polar surface area (TPSA) is 57.5 Å². The van der Waals surface area contributed by atoms with E-state index in [0.717, 1.165) is 23.0 Å². The zero-order valence-corrected chi connectivity index (χ0v) is 17.8. The van der Waals surface area contributed by atoms with E-state index >= 15 is 0 Å². The maximum atomic E-state index is 13.0. The minimum absolute atomic E-state index is 0.183. The molecule has 1 aliphatic heterocycles. The Labute approximate surface area is 185 Å². The Morgan fingerprint density at radius 3 is 2.56 bits per heavy atom. The van der Waals surface area contributed by atoms with Gasteiger partial charge in [-0.15, -0.1) is 0 Å². The van der Waals surface area contributed by atoms with Crippen molar-refractivity contribution >= 4 is 28.7 Å². The van der Waals surface area contributed by atoms with Crippen molar-refractivity contribution in [2.24, 2.45) is 0 Å². The lowest BCUT2D eigenvalue weighted by Crippen LogP contribution is -2.09. The molecule has 0 saturated heterocycles. The zero-order valence-electron chi connectivity index (χ0n) is 17.8. The molecular formula is C27H21NO4. The molecule has 0 amide bonds. The maximum absolute atomic E-state index is 13.0. The Hall–Kier alpha value is -4.12. The van der Waals surface area contributed by atoms with E-state index in [1.165, 1.54) is 0 Å². The van der Waals surface area contributed by atoms with Gasteiger partial charge in [0.2, 0.25) is 5.78 Å². The second-order valence-electron chi connectivity index (χ2n) is 7.65. The van der Waals surface area contributed by atoms with Crippen LogP contribution < -0.4 is 9.47 Å². The lowest BCUT2D eigenvalue weighted by Gasteiger charge is -2.10. The molecule has 0 atom stereocenters. The molecule has 5 nitrogen and oxygen atoms in total. The van der Waals surface area contributed by atoms with Crippen molar-refractivity contribution in [3.8, 4) is 11.5 Å². The first kappa shape index (κ1) is 19.8. The van der Waals surface area contributed by atoms with Gasteiger partial charge in [-0.1, -0.05) is 36.4 Å². The first-order chi connectivity index (χ1) is 15.6. The van der Waals surface area contributed by atoms with Crippen molar-refractivity contribution in [1.82, 2.24) is 4.57 Å². The molecule has 0 saturated carbocycles. The molecule has 0 fully saturated rings. The lowest BCUT2D eigenvalue weighted by atomic mass is 10.1. The van der Waals surface area contributed by atoms with E-state index < -0.39 is 5.97 Å². The van der Waals surface area contributed by atoms with Gasteiger partial charge in [-0.2, -0.15) is 0 Å². The van der Waals surface area contributed by atoms with Crippen molar-refractivity contribution in [3.05, 3.63) is 101 Å². The summed E-state index contributed by atoms with van der Waals surface area (Å²) in [6.07, 6.45) is 3.81. The highest BCUT2D eigenvalue weighted by atomic mass is 16.5. The summed E-state index contributed by atoms with van der Waals surface area (Å²) in [4.78, 5) is 25.5. The normalized spacial score (nSPS) is 13.9. The van der Waals surface area contributed by atoms with Crippen LogP contribution in [0, 0.1) is 6.92 Å². The molecule has 1 aliphatic rings. The van der Waals surface area contributed by atoms with Crippen LogP contribution in [-0.4, -0.2) is 16.3 Å². The van der Waals surface area contributed by atoms with Crippen LogP contribution in [0.15, 0.2) is 78.7 Å². The van der Waals surface area contributed by atoms with Gasteiger partial charge in [0.1, 0.15) is 11.5 Å². The first-order valence-corrected chi connectivity index (χ1v) is 10.5. The molecule has 5 heteroatoms. The van der Waals surface area contributed by atoms with Gasteiger partial charge in [-0.25, -0.2) is 4.79 Å². The number of rotatable bonds is 4. The lowest BCUT2D eigenvalue weighted by molar-refractivity contribution is 0.0733. The van der Waals surface area contributed by atoms with E-state index in [1.54, 1.807) is 49.4 Å². The molecule has 158 valence electrons. The summed E-state index contributed by atoms with van der Waals surface area (Å²) >= 11 is 0. The van der Waals surface area contributed by atoms with Crippen LogP contribution in [0.3, 0.4) is 0 Å². The number of carbonyl (C=O) groups is 2. The number of ether oxygens (including phenoxy) is 2. The number of allylic oxidation sites excluding steroid dienone is 1. The smallest absolute Gasteiger partial charge is 0.343 e. The van der Waals surface area contributed by atoms with E-state index in [9.17, 15) is 9.59 Å². The summed E-state index contributed by atoms with van der Waals surface area (Å²) in [5.41, 5.74) is 3.56. The van der Waals surface area contributed by atoms with Crippen molar-refractivity contribution in [2.45, 2.75) is 20.4 Å². The van der Waals surface area contributed by atoms with Crippen LogP contribution in [0.25, 0.3) is 17.0 Å². The van der Waals surface area contributed by atoms with E-state index in [0.29, 0.717) is 28.2 Å². The van der Waals surface area contributed by atoms with Crippen molar-refractivity contribution in [2.75, 3.05) is 0 Å². The number of hydrogen-bond donors (Lipinski definition) is 0. The van der Waals surface area contributed by atoms with E-state index in [-0.39, 0.29) is 11.5 Å². The van der Waals surface area contributed by atoms with E-state index in [1.807, 2.05) is 30.5 Å². The molecule has 0 unspecified atom stereocenters. The van der Waals surface area contributed by atoms with E-state index in [2.05, 4.69) is 17.6 Å². The Balaban J connectivity index is 1.48. The van der Waals surface area contributed by atoms with Crippen molar-refractivity contribution < 1.29 is 19.1 Å². The molecule has 0 bridgehead atoms. The number of para-hydroxylation sites is 1. The predicted octanol–water partition coefficient (Wildman–Crippen LogP) is 5.81. The maximum Gasteiger partial charge on any atom is 0.343 e. The summed E-state index contributed by atoms with van der Waals surface area (Å²) in [6, 6.07) is 20.1. The molecule has 5 rings (SSSR count). The number of Topliss-reactive ketones (excluding diaryl/α,β-unsaturated/α-hetero) is 1. The van der Waals surface area contributed by atoms with Crippen LogP contribution in [0.2, 0.25) is 0 Å². The standard InChI is InChI=1S/C27H21NO4/c1-3-28-16-19(20-11-7-8-12-22(20)28)15-24-25(29)21-13-14-23(17(2)26(21)31-24)32-27(30)18-9-5-4-6-10-18/h4-16H,3H2,1-2H3/b24-15+. The molecule has 3 aromatic carbocycles. The van der Waals surface area contributed by atoms with Crippen LogP contribution in [-0.2, 0) is 6.54 Å². The van der Waals surface area contributed by atoms with Gasteiger partial charge in [0.25, 0.3) is 0 Å². The van der Waals surface area contributed by atoms with E-state index in [4.69, 9.17) is 9.47 Å². The van der Waals surface area contributed by atoms with Gasteiger partial charge in [-0.05, 0) is 50.3 Å². The third-order valence-electron chi connectivity index (χ3n) is 5.70. The molecule has 0 N–H and O–H groups in total. The van der Waals surface area contributed by atoms with Gasteiger partial charge >= 0.3 is 5.97 Å². The second-order valence-corrected chi connectivity index (χ2v) is 7.65. The summed E-state index contributed by atoms with van der Waals surface area (Å²) in [7, 11) is 0. The van der Waals surface area contributed by atoms with Crippen molar-refractivity contribution in [1.29, 1.82) is 0 Å². The number of carbonyl (C=O) groups excluding carboxylic acids is 2. The first-order valence-electron chi connectivity index (χ1n) is 10.5. The van der Waals surface area contributed by atoms with Crippen LogP contribution >= 0.6 is 0 Å². The molecule has 0 radical (unpaired) electrons. The minimum Gasteiger partial charge on any atom is -0.452 e. The number of nitrogens with zero attached hydrogens (tertiary/aromatic N) is 1. The Kier molecular flexibility index (Phi) is 4.86. The Morgan fingerprint density at radius 1 is 1.03 bits per heavy atom. The zero-order chi connectivity index (χ0) is 22.2. The van der Waals surface area contributed by atoms with Crippen LogP contribution in [0.4, 0.5) is 0 Å². The van der Waals surface area contributed by atoms with Crippen molar-refractivity contribution in [3.63, 3.8) is 0 Å². The monoisotopic (exact) mass is 423 g/mol. The summed E-state index contributed by atoms with van der Waals surface area (Å²) in [6.45, 7) is 4.69. The molecule has 0 spiro atoms. The molecule has 4 aromatic rings. The summed E-state index contributed by atoms with van der Waals surface area (Å²) in [5, 5.41) is 1.06. The molecular weight excluding hydrogens is 402 g/mol. The number of ketones is 1. The largest absolute Gasteiger partial charge is 0.452 e. The van der Waals surface area contributed by atoms with Crippen LogP contribution in [0.5, 0.6) is 11.5 Å². The Bertz CT molecular complexity index is 1400. The highest BCUT2D eigenvalue weighted by Gasteiger charge is 2.31. The molecule has 2 heterocycles. The fourth-order valence-electron chi connectivity index (χ4n) is 4.00. The molecule has 0 aliphatic carbocycles. The number of esters is 1.